The minimum atomic E-state index is 0.00301. The molecule has 1 aliphatic heterocycles. The van der Waals surface area contributed by atoms with Crippen molar-refractivity contribution >= 4 is 5.97 Å². The summed E-state index contributed by atoms with van der Waals surface area (Å²) in [6.07, 6.45) is 5.42. The molecule has 1 heterocycles. The number of carbonyl (C=O) groups excluding carboxylic acids is 1. The van der Waals surface area contributed by atoms with Gasteiger partial charge in [0, 0.05) is 12.0 Å². The van der Waals surface area contributed by atoms with Crippen LogP contribution >= 0.6 is 0 Å². The maximum Gasteiger partial charge on any atom is 0.309 e. The van der Waals surface area contributed by atoms with Crippen molar-refractivity contribution in [1.82, 2.24) is 0 Å². The fraction of sp³-hybridized carbons (Fsp3) is 0.909. The van der Waals surface area contributed by atoms with Gasteiger partial charge in [-0.15, -0.1) is 0 Å². The van der Waals surface area contributed by atoms with Gasteiger partial charge in [-0.05, 0) is 37.0 Å². The molecule has 1 saturated heterocycles. The predicted octanol–water partition coefficient (Wildman–Crippen LogP) is 0.819. The third-order valence-electron chi connectivity index (χ3n) is 5.17. The second-order valence-corrected chi connectivity index (χ2v) is 5.93. The van der Waals surface area contributed by atoms with Crippen LogP contribution in [0.4, 0.5) is 0 Å². The molecule has 3 nitrogen and oxygen atoms in total. The Hall–Kier alpha value is -0.570. The van der Waals surface area contributed by atoms with Gasteiger partial charge < -0.3 is 10.5 Å². The molecular weight excluding hydrogens is 178 g/mol. The van der Waals surface area contributed by atoms with E-state index in [1.54, 1.807) is 0 Å². The van der Waals surface area contributed by atoms with E-state index in [-0.39, 0.29) is 28.9 Å². The Morgan fingerprint density at radius 2 is 2.21 bits per heavy atom. The number of hydrogen-bond acceptors (Lipinski definition) is 3. The molecule has 3 heteroatoms. The quantitative estimate of drug-likeness (QED) is 0.579. The van der Waals surface area contributed by atoms with E-state index in [4.69, 9.17) is 10.5 Å². The highest BCUT2D eigenvalue weighted by Gasteiger charge is 2.71. The van der Waals surface area contributed by atoms with Crippen molar-refractivity contribution in [3.63, 3.8) is 0 Å². The molecule has 14 heavy (non-hydrogen) atoms. The lowest BCUT2D eigenvalue weighted by Crippen LogP contribution is -2.59. The molecule has 4 aliphatic rings. The van der Waals surface area contributed by atoms with Gasteiger partial charge in [-0.1, -0.05) is 0 Å². The normalized spacial score (nSPS) is 63.2. The van der Waals surface area contributed by atoms with E-state index >= 15 is 0 Å². The lowest BCUT2D eigenvalue weighted by molar-refractivity contribution is -0.201. The van der Waals surface area contributed by atoms with E-state index in [1.165, 1.54) is 0 Å². The summed E-state index contributed by atoms with van der Waals surface area (Å²) in [6.45, 7) is 0. The number of rotatable bonds is 0. The first-order chi connectivity index (χ1) is 6.61. The summed E-state index contributed by atoms with van der Waals surface area (Å²) in [5, 5.41) is 0. The maximum atomic E-state index is 11.7. The Morgan fingerprint density at radius 3 is 3.07 bits per heavy atom. The van der Waals surface area contributed by atoms with Gasteiger partial charge in [0.15, 0.2) is 0 Å². The van der Waals surface area contributed by atoms with Gasteiger partial charge in [0.25, 0.3) is 0 Å². The molecule has 5 atom stereocenters. The second kappa shape index (κ2) is 1.87. The monoisotopic (exact) mass is 193 g/mol. The summed E-state index contributed by atoms with van der Waals surface area (Å²) in [6, 6.07) is 0. The fourth-order valence-electron chi connectivity index (χ4n) is 4.80. The van der Waals surface area contributed by atoms with Gasteiger partial charge in [0.05, 0.1) is 5.92 Å². The van der Waals surface area contributed by atoms with E-state index in [1.807, 2.05) is 0 Å². The number of nitrogens with two attached hydrogens (primary N) is 1. The molecule has 0 radical (unpaired) electrons. The molecule has 3 bridgehead atoms. The Bertz CT molecular complexity index is 342. The van der Waals surface area contributed by atoms with E-state index in [0.29, 0.717) is 0 Å². The fourth-order valence-corrected chi connectivity index (χ4v) is 4.80. The van der Waals surface area contributed by atoms with Crippen molar-refractivity contribution in [3.8, 4) is 0 Å². The topological polar surface area (TPSA) is 52.3 Å². The Kier molecular flexibility index (Phi) is 1.03. The summed E-state index contributed by atoms with van der Waals surface area (Å²) in [5.74, 6) is 1.01. The molecule has 3 aliphatic carbocycles. The number of esters is 1. The summed E-state index contributed by atoms with van der Waals surface area (Å²) in [4.78, 5) is 11.7. The third-order valence-corrected chi connectivity index (χ3v) is 5.17. The second-order valence-electron chi connectivity index (χ2n) is 5.93. The van der Waals surface area contributed by atoms with Crippen molar-refractivity contribution in [1.29, 1.82) is 0 Å². The Labute approximate surface area is 83.0 Å². The van der Waals surface area contributed by atoms with Crippen LogP contribution in [0.2, 0.25) is 0 Å². The van der Waals surface area contributed by atoms with Crippen LogP contribution in [0.25, 0.3) is 0 Å². The van der Waals surface area contributed by atoms with Gasteiger partial charge in [-0.3, -0.25) is 4.79 Å². The van der Waals surface area contributed by atoms with Crippen molar-refractivity contribution in [2.24, 2.45) is 23.0 Å². The molecule has 76 valence electrons. The van der Waals surface area contributed by atoms with Crippen LogP contribution < -0.4 is 5.73 Å². The molecule has 0 aromatic heterocycles. The highest BCUT2D eigenvalue weighted by atomic mass is 16.5. The Balaban J connectivity index is 1.85. The maximum absolute atomic E-state index is 11.7. The van der Waals surface area contributed by atoms with Crippen LogP contribution in [0, 0.1) is 17.3 Å². The van der Waals surface area contributed by atoms with E-state index in [0.717, 1.165) is 38.0 Å². The molecule has 0 aromatic rings. The molecule has 0 amide bonds. The van der Waals surface area contributed by atoms with E-state index in [9.17, 15) is 4.79 Å². The average Bonchev–Trinajstić information content (AvgIpc) is 2.25. The van der Waals surface area contributed by atoms with E-state index < -0.39 is 0 Å². The molecule has 4 rings (SSSR count). The smallest absolute Gasteiger partial charge is 0.309 e. The first kappa shape index (κ1) is 7.69. The molecule has 2 N–H and O–H groups in total. The minimum Gasteiger partial charge on any atom is -0.462 e. The average molecular weight is 193 g/mol. The zero-order valence-electron chi connectivity index (χ0n) is 8.16. The zero-order valence-corrected chi connectivity index (χ0v) is 8.16. The first-order valence-electron chi connectivity index (χ1n) is 5.61. The van der Waals surface area contributed by atoms with Crippen LogP contribution in [-0.2, 0) is 9.53 Å². The molecule has 1 spiro atoms. The Morgan fingerprint density at radius 1 is 1.36 bits per heavy atom. The number of carbonyl (C=O) groups is 1. The zero-order chi connectivity index (χ0) is 9.55. The molecule has 5 unspecified atom stereocenters. The number of fused-ring (bicyclic) bond motifs is 2. The molecule has 0 aromatic carbocycles. The number of hydrogen-bond donors (Lipinski definition) is 1. The van der Waals surface area contributed by atoms with Crippen molar-refractivity contribution in [3.05, 3.63) is 0 Å². The molecular formula is C11H15NO2. The van der Waals surface area contributed by atoms with Crippen LogP contribution in [0.1, 0.15) is 32.1 Å². The summed E-state index contributed by atoms with van der Waals surface area (Å²) < 4.78 is 5.43. The van der Waals surface area contributed by atoms with Crippen LogP contribution in [0.15, 0.2) is 0 Å². The number of ether oxygens (including phenoxy) is 1. The highest BCUT2D eigenvalue weighted by Crippen LogP contribution is 2.71. The van der Waals surface area contributed by atoms with E-state index in [2.05, 4.69) is 0 Å². The standard InChI is InChI=1S/C11H15NO2/c12-10-2-6-1-8-9(13)14-7(3-10)4-11(6,8)5-10/h6-8H,1-5,12H2. The first-order valence-corrected chi connectivity index (χ1v) is 5.61. The van der Waals surface area contributed by atoms with Gasteiger partial charge in [-0.25, -0.2) is 0 Å². The molecule has 4 fully saturated rings. The lowest BCUT2D eigenvalue weighted by atomic mass is 9.50. The van der Waals surface area contributed by atoms with Crippen molar-refractivity contribution in [2.45, 2.75) is 43.7 Å². The minimum absolute atomic E-state index is 0.00301. The highest BCUT2D eigenvalue weighted by molar-refractivity contribution is 5.76. The predicted molar refractivity (Wildman–Crippen MR) is 49.3 cm³/mol. The summed E-state index contributed by atoms with van der Waals surface area (Å²) in [7, 11) is 0. The summed E-state index contributed by atoms with van der Waals surface area (Å²) in [5.41, 5.74) is 6.64. The molecule has 3 saturated carbocycles. The van der Waals surface area contributed by atoms with Crippen LogP contribution in [-0.4, -0.2) is 17.6 Å². The lowest BCUT2D eigenvalue weighted by Gasteiger charge is -2.57. The largest absolute Gasteiger partial charge is 0.462 e. The van der Waals surface area contributed by atoms with Crippen molar-refractivity contribution in [2.75, 3.05) is 0 Å². The third kappa shape index (κ3) is 0.630. The SMILES string of the molecule is NC12CC3CC4(C1)C(CC4C(=O)O3)C2. The van der Waals surface area contributed by atoms with Crippen LogP contribution in [0.5, 0.6) is 0 Å². The van der Waals surface area contributed by atoms with Crippen molar-refractivity contribution < 1.29 is 9.53 Å². The van der Waals surface area contributed by atoms with Gasteiger partial charge >= 0.3 is 5.97 Å². The van der Waals surface area contributed by atoms with Gasteiger partial charge in [-0.2, -0.15) is 0 Å². The van der Waals surface area contributed by atoms with Crippen LogP contribution in [0.3, 0.4) is 0 Å². The van der Waals surface area contributed by atoms with Gasteiger partial charge in [0.1, 0.15) is 6.10 Å². The van der Waals surface area contributed by atoms with Gasteiger partial charge in [0.2, 0.25) is 0 Å². The summed E-state index contributed by atoms with van der Waals surface area (Å²) >= 11 is 0.